The number of anilines is 1. The van der Waals surface area contributed by atoms with Crippen LogP contribution < -0.4 is 11.1 Å². The molecule has 0 spiro atoms. The van der Waals surface area contributed by atoms with Crippen molar-refractivity contribution in [1.82, 2.24) is 0 Å². The number of hydrogen-bond donors (Lipinski definition) is 2. The summed E-state index contributed by atoms with van der Waals surface area (Å²) in [5.74, 6) is 0. The number of rotatable bonds is 5. The van der Waals surface area contributed by atoms with Gasteiger partial charge in [-0.2, -0.15) is 0 Å². The van der Waals surface area contributed by atoms with Crippen molar-refractivity contribution >= 4 is 5.69 Å². The van der Waals surface area contributed by atoms with Crippen LogP contribution in [0.3, 0.4) is 0 Å². The van der Waals surface area contributed by atoms with E-state index in [-0.39, 0.29) is 5.41 Å². The fourth-order valence-electron chi connectivity index (χ4n) is 2.49. The van der Waals surface area contributed by atoms with Gasteiger partial charge in [0, 0.05) is 12.2 Å². The highest BCUT2D eigenvalue weighted by Crippen LogP contribution is 2.25. The van der Waals surface area contributed by atoms with Crippen molar-refractivity contribution in [3.05, 3.63) is 29.3 Å². The van der Waals surface area contributed by atoms with Gasteiger partial charge in [0.15, 0.2) is 0 Å². The van der Waals surface area contributed by atoms with E-state index < -0.39 is 0 Å². The van der Waals surface area contributed by atoms with Gasteiger partial charge in [-0.25, -0.2) is 0 Å². The van der Waals surface area contributed by atoms with Gasteiger partial charge in [-0.1, -0.05) is 19.9 Å². The maximum atomic E-state index is 5.75. The average Bonchev–Trinajstić information content (AvgIpc) is 2.38. The van der Waals surface area contributed by atoms with Crippen LogP contribution in [0.15, 0.2) is 18.2 Å². The van der Waals surface area contributed by atoms with Crippen molar-refractivity contribution in [2.45, 2.75) is 46.0 Å². The van der Waals surface area contributed by atoms with Crippen LogP contribution in [0, 0.1) is 5.41 Å². The Kier molecular flexibility index (Phi) is 4.28. The van der Waals surface area contributed by atoms with Crippen LogP contribution >= 0.6 is 0 Å². The number of nitrogens with two attached hydrogens (primary N) is 1. The maximum absolute atomic E-state index is 5.75. The van der Waals surface area contributed by atoms with Gasteiger partial charge in [0.1, 0.15) is 0 Å². The van der Waals surface area contributed by atoms with Gasteiger partial charge in [0.05, 0.1) is 0 Å². The highest BCUT2D eigenvalue weighted by Gasteiger charge is 2.15. The van der Waals surface area contributed by atoms with E-state index in [9.17, 15) is 0 Å². The number of fused-ring (bicyclic) bond motifs is 1. The third-order valence-electron chi connectivity index (χ3n) is 4.03. The van der Waals surface area contributed by atoms with Gasteiger partial charge in [-0.05, 0) is 67.3 Å². The first-order valence-corrected chi connectivity index (χ1v) is 7.16. The lowest BCUT2D eigenvalue weighted by Crippen LogP contribution is -2.26. The fourth-order valence-corrected chi connectivity index (χ4v) is 2.49. The number of aryl methyl sites for hydroxylation is 2. The number of nitrogens with one attached hydrogen (secondary N) is 1. The second kappa shape index (κ2) is 5.75. The topological polar surface area (TPSA) is 38.0 Å². The Bertz CT molecular complexity index is 396. The normalized spacial score (nSPS) is 15.3. The molecule has 0 saturated heterocycles. The van der Waals surface area contributed by atoms with Crippen molar-refractivity contribution in [2.24, 2.45) is 11.1 Å². The zero-order valence-corrected chi connectivity index (χ0v) is 11.8. The smallest absolute Gasteiger partial charge is 0.0343 e. The molecule has 0 bridgehead atoms. The zero-order chi connectivity index (χ0) is 13.0. The van der Waals surface area contributed by atoms with Crippen LogP contribution in [0.5, 0.6) is 0 Å². The minimum absolute atomic E-state index is 0.237. The van der Waals surface area contributed by atoms with E-state index in [4.69, 9.17) is 5.73 Å². The Hall–Kier alpha value is -1.02. The molecular formula is C16H26N2. The summed E-state index contributed by atoms with van der Waals surface area (Å²) >= 11 is 0. The van der Waals surface area contributed by atoms with E-state index in [1.54, 1.807) is 11.1 Å². The lowest BCUT2D eigenvalue weighted by Gasteiger charge is -2.23. The largest absolute Gasteiger partial charge is 0.385 e. The molecule has 1 aliphatic rings. The summed E-state index contributed by atoms with van der Waals surface area (Å²) in [5.41, 5.74) is 10.3. The van der Waals surface area contributed by atoms with Crippen LogP contribution in [0.2, 0.25) is 0 Å². The molecule has 1 aliphatic carbocycles. The first kappa shape index (κ1) is 13.4. The van der Waals surface area contributed by atoms with E-state index in [1.807, 2.05) is 0 Å². The van der Waals surface area contributed by atoms with E-state index in [2.05, 4.69) is 37.4 Å². The van der Waals surface area contributed by atoms with Crippen LogP contribution in [0.25, 0.3) is 0 Å². The fraction of sp³-hybridized carbons (Fsp3) is 0.625. The van der Waals surface area contributed by atoms with Gasteiger partial charge in [0.25, 0.3) is 0 Å². The molecule has 18 heavy (non-hydrogen) atoms. The molecule has 0 aromatic heterocycles. The Morgan fingerprint density at radius 2 is 1.89 bits per heavy atom. The highest BCUT2D eigenvalue weighted by atomic mass is 14.9. The molecule has 2 heteroatoms. The minimum Gasteiger partial charge on any atom is -0.385 e. The molecule has 1 aromatic carbocycles. The van der Waals surface area contributed by atoms with Crippen molar-refractivity contribution in [1.29, 1.82) is 0 Å². The lowest BCUT2D eigenvalue weighted by atomic mass is 9.89. The Morgan fingerprint density at radius 3 is 2.61 bits per heavy atom. The molecule has 2 rings (SSSR count). The molecule has 0 unspecified atom stereocenters. The summed E-state index contributed by atoms with van der Waals surface area (Å²) in [6.45, 7) is 6.20. The van der Waals surface area contributed by atoms with Crippen LogP contribution in [-0.2, 0) is 12.8 Å². The van der Waals surface area contributed by atoms with Crippen molar-refractivity contribution in [3.63, 3.8) is 0 Å². The molecule has 0 amide bonds. The van der Waals surface area contributed by atoms with Crippen molar-refractivity contribution in [3.8, 4) is 0 Å². The van der Waals surface area contributed by atoms with Crippen LogP contribution in [0.1, 0.15) is 44.2 Å². The van der Waals surface area contributed by atoms with Gasteiger partial charge in [-0.15, -0.1) is 0 Å². The van der Waals surface area contributed by atoms with Crippen molar-refractivity contribution < 1.29 is 0 Å². The summed E-state index contributed by atoms with van der Waals surface area (Å²) in [5, 5.41) is 3.53. The van der Waals surface area contributed by atoms with Gasteiger partial charge in [-0.3, -0.25) is 0 Å². The van der Waals surface area contributed by atoms with E-state index in [0.29, 0.717) is 0 Å². The molecule has 0 saturated carbocycles. The summed E-state index contributed by atoms with van der Waals surface area (Å²) in [6, 6.07) is 6.86. The van der Waals surface area contributed by atoms with Crippen molar-refractivity contribution in [2.75, 3.05) is 18.4 Å². The minimum atomic E-state index is 0.237. The first-order chi connectivity index (χ1) is 8.61. The Morgan fingerprint density at radius 1 is 1.17 bits per heavy atom. The third-order valence-corrected chi connectivity index (χ3v) is 4.03. The first-order valence-electron chi connectivity index (χ1n) is 7.16. The molecule has 100 valence electrons. The van der Waals surface area contributed by atoms with E-state index in [0.717, 1.165) is 19.5 Å². The molecule has 0 atom stereocenters. The molecule has 1 aromatic rings. The summed E-state index contributed by atoms with van der Waals surface area (Å²) < 4.78 is 0. The summed E-state index contributed by atoms with van der Waals surface area (Å²) in [4.78, 5) is 0. The van der Waals surface area contributed by atoms with Crippen LogP contribution in [0.4, 0.5) is 5.69 Å². The molecule has 0 aliphatic heterocycles. The lowest BCUT2D eigenvalue weighted by molar-refractivity contribution is 0.358. The number of hydrogen-bond acceptors (Lipinski definition) is 2. The predicted octanol–water partition coefficient (Wildman–Crippen LogP) is 3.35. The SMILES string of the molecule is CC(C)(CN)CCNc1ccc2c(c1)CCCC2. The Balaban J connectivity index is 1.90. The zero-order valence-electron chi connectivity index (χ0n) is 11.8. The summed E-state index contributed by atoms with van der Waals surface area (Å²) in [6.07, 6.45) is 6.32. The van der Waals surface area contributed by atoms with Crippen LogP contribution in [-0.4, -0.2) is 13.1 Å². The molecule has 0 radical (unpaired) electrons. The quantitative estimate of drug-likeness (QED) is 0.836. The maximum Gasteiger partial charge on any atom is 0.0343 e. The second-order valence-corrected chi connectivity index (χ2v) is 6.24. The highest BCUT2D eigenvalue weighted by molar-refractivity contribution is 5.49. The van der Waals surface area contributed by atoms with Gasteiger partial charge < -0.3 is 11.1 Å². The molecule has 0 heterocycles. The summed E-state index contributed by atoms with van der Waals surface area (Å²) in [7, 11) is 0. The monoisotopic (exact) mass is 246 g/mol. The molecule has 0 fully saturated rings. The third kappa shape index (κ3) is 3.49. The molecule has 2 nitrogen and oxygen atoms in total. The molecular weight excluding hydrogens is 220 g/mol. The Labute approximate surface area is 111 Å². The second-order valence-electron chi connectivity index (χ2n) is 6.24. The van der Waals surface area contributed by atoms with Gasteiger partial charge >= 0.3 is 0 Å². The average molecular weight is 246 g/mol. The van der Waals surface area contributed by atoms with E-state index >= 15 is 0 Å². The molecule has 3 N–H and O–H groups in total. The number of benzene rings is 1. The van der Waals surface area contributed by atoms with Gasteiger partial charge in [0.2, 0.25) is 0 Å². The van der Waals surface area contributed by atoms with E-state index in [1.165, 1.54) is 31.4 Å². The standard InChI is InChI=1S/C16H26N2/c1-16(2,12-17)9-10-18-15-8-7-13-5-3-4-6-14(13)11-15/h7-8,11,18H,3-6,9-10,12,17H2,1-2H3. The predicted molar refractivity (Wildman–Crippen MR) is 79.0 cm³/mol.